The molecule has 0 aliphatic carbocycles. The molecular formula is C16H14N4. The summed E-state index contributed by atoms with van der Waals surface area (Å²) in [6.07, 6.45) is 0. The number of hydrogen-bond acceptors (Lipinski definition) is 4. The third-order valence-electron chi connectivity index (χ3n) is 2.86. The lowest BCUT2D eigenvalue weighted by molar-refractivity contribution is 1.31. The molecule has 2 N–H and O–H groups in total. The molecule has 0 heterocycles. The summed E-state index contributed by atoms with van der Waals surface area (Å²) in [6.45, 7) is 0.510. The summed E-state index contributed by atoms with van der Waals surface area (Å²) in [4.78, 5) is 0. The van der Waals surface area contributed by atoms with Gasteiger partial charge in [-0.3, -0.25) is 0 Å². The number of benzene rings is 2. The molecule has 0 amide bonds. The second-order valence-corrected chi connectivity index (χ2v) is 4.11. The molecule has 0 aliphatic heterocycles. The van der Waals surface area contributed by atoms with E-state index in [1.165, 1.54) is 0 Å². The Kier molecular flexibility index (Phi) is 4.59. The fraction of sp³-hybridized carbons (Fsp3) is 0.125. The number of hydrogen-bond donors (Lipinski definition) is 2. The van der Waals surface area contributed by atoms with Gasteiger partial charge in [-0.1, -0.05) is 36.4 Å². The molecule has 0 radical (unpaired) electrons. The van der Waals surface area contributed by atoms with Crippen LogP contribution in [0.15, 0.2) is 48.5 Å². The van der Waals surface area contributed by atoms with Crippen LogP contribution in [0.1, 0.15) is 0 Å². The molecule has 0 unspecified atom stereocenters. The Bertz CT molecular complexity index is 605. The van der Waals surface area contributed by atoms with Crippen LogP contribution >= 0.6 is 0 Å². The van der Waals surface area contributed by atoms with E-state index in [1.54, 1.807) is 0 Å². The monoisotopic (exact) mass is 262 g/mol. The highest BCUT2D eigenvalue weighted by molar-refractivity contribution is 5.86. The van der Waals surface area contributed by atoms with Gasteiger partial charge in [0.2, 0.25) is 0 Å². The second-order valence-electron chi connectivity index (χ2n) is 4.11. The van der Waals surface area contributed by atoms with Crippen LogP contribution in [0.5, 0.6) is 0 Å². The fourth-order valence-corrected chi connectivity index (χ4v) is 2.01. The molecule has 20 heavy (non-hydrogen) atoms. The predicted molar refractivity (Wildman–Crippen MR) is 80.1 cm³/mol. The predicted octanol–water partition coefficient (Wildman–Crippen LogP) is 3.22. The first-order valence-corrected chi connectivity index (χ1v) is 6.27. The van der Waals surface area contributed by atoms with Crippen molar-refractivity contribution < 1.29 is 0 Å². The number of nitriles is 2. The maximum atomic E-state index is 8.70. The lowest BCUT2D eigenvalue weighted by Gasteiger charge is -2.14. The van der Waals surface area contributed by atoms with E-state index < -0.39 is 0 Å². The Hall–Kier alpha value is -2.98. The van der Waals surface area contributed by atoms with Crippen molar-refractivity contribution in [1.29, 1.82) is 10.5 Å². The van der Waals surface area contributed by atoms with Gasteiger partial charge in [0.05, 0.1) is 12.1 Å². The standard InChI is InChI=1S/C16H14N4/c17-9-11-19-15-7-3-1-5-13(15)14-6-2-4-8-16(14)20-12-10-18/h1-8,19-20H,11-12H2. The molecule has 4 nitrogen and oxygen atoms in total. The van der Waals surface area contributed by atoms with Gasteiger partial charge in [0.15, 0.2) is 0 Å². The van der Waals surface area contributed by atoms with E-state index in [0.29, 0.717) is 0 Å². The van der Waals surface area contributed by atoms with Crippen LogP contribution in [0.4, 0.5) is 11.4 Å². The third kappa shape index (κ3) is 3.07. The summed E-state index contributed by atoms with van der Waals surface area (Å²) in [5, 5.41) is 23.6. The SMILES string of the molecule is N#CCNc1ccccc1-c1ccccc1NCC#N. The Morgan fingerprint density at radius 3 is 1.50 bits per heavy atom. The average Bonchev–Trinajstić information content (AvgIpc) is 2.51. The Morgan fingerprint density at radius 2 is 1.10 bits per heavy atom. The van der Waals surface area contributed by atoms with Gasteiger partial charge in [0.25, 0.3) is 0 Å². The van der Waals surface area contributed by atoms with Gasteiger partial charge in [-0.15, -0.1) is 0 Å². The molecule has 0 saturated carbocycles. The molecule has 98 valence electrons. The minimum atomic E-state index is 0.255. The van der Waals surface area contributed by atoms with Crippen molar-refractivity contribution in [2.75, 3.05) is 23.7 Å². The molecule has 2 aromatic rings. The van der Waals surface area contributed by atoms with Crippen LogP contribution in [-0.4, -0.2) is 13.1 Å². The molecule has 0 bridgehead atoms. The van der Waals surface area contributed by atoms with Crippen LogP contribution in [-0.2, 0) is 0 Å². The lowest BCUT2D eigenvalue weighted by Crippen LogP contribution is -2.03. The van der Waals surface area contributed by atoms with Crippen LogP contribution in [0.25, 0.3) is 11.1 Å². The van der Waals surface area contributed by atoms with Crippen LogP contribution in [0.3, 0.4) is 0 Å². The lowest BCUT2D eigenvalue weighted by atomic mass is 10.0. The molecule has 0 spiro atoms. The molecule has 2 aromatic carbocycles. The third-order valence-corrected chi connectivity index (χ3v) is 2.86. The van der Waals surface area contributed by atoms with Crippen molar-refractivity contribution in [3.05, 3.63) is 48.5 Å². The summed E-state index contributed by atoms with van der Waals surface area (Å²) >= 11 is 0. The van der Waals surface area contributed by atoms with Gasteiger partial charge in [-0.05, 0) is 12.1 Å². The molecule has 0 atom stereocenters. The number of nitrogens with zero attached hydrogens (tertiary/aromatic N) is 2. The minimum absolute atomic E-state index is 0.255. The number of rotatable bonds is 5. The Morgan fingerprint density at radius 1 is 0.700 bits per heavy atom. The van der Waals surface area contributed by atoms with Crippen molar-refractivity contribution in [2.45, 2.75) is 0 Å². The summed E-state index contributed by atoms with van der Waals surface area (Å²) in [5.41, 5.74) is 3.81. The van der Waals surface area contributed by atoms with Crippen LogP contribution in [0.2, 0.25) is 0 Å². The summed E-state index contributed by atoms with van der Waals surface area (Å²) in [6, 6.07) is 19.8. The van der Waals surface area contributed by atoms with Crippen molar-refractivity contribution in [3.63, 3.8) is 0 Å². The number of anilines is 2. The van der Waals surface area contributed by atoms with E-state index in [2.05, 4.69) is 22.8 Å². The van der Waals surface area contributed by atoms with Gasteiger partial charge >= 0.3 is 0 Å². The van der Waals surface area contributed by atoms with E-state index in [9.17, 15) is 0 Å². The van der Waals surface area contributed by atoms with E-state index in [0.717, 1.165) is 22.5 Å². The zero-order valence-corrected chi connectivity index (χ0v) is 10.9. The first kappa shape index (κ1) is 13.5. The van der Waals surface area contributed by atoms with Gasteiger partial charge in [0.1, 0.15) is 13.1 Å². The molecule has 0 aromatic heterocycles. The van der Waals surface area contributed by atoms with Crippen molar-refractivity contribution in [3.8, 4) is 23.3 Å². The van der Waals surface area contributed by atoms with Gasteiger partial charge < -0.3 is 10.6 Å². The normalized spacial score (nSPS) is 9.30. The van der Waals surface area contributed by atoms with E-state index >= 15 is 0 Å². The maximum absolute atomic E-state index is 8.70. The zero-order chi connectivity index (χ0) is 14.2. The zero-order valence-electron chi connectivity index (χ0n) is 10.9. The van der Waals surface area contributed by atoms with Gasteiger partial charge in [-0.25, -0.2) is 0 Å². The minimum Gasteiger partial charge on any atom is -0.372 e. The average molecular weight is 262 g/mol. The molecule has 0 saturated heterocycles. The quantitative estimate of drug-likeness (QED) is 0.811. The number of nitrogens with one attached hydrogen (secondary N) is 2. The van der Waals surface area contributed by atoms with Crippen LogP contribution < -0.4 is 10.6 Å². The van der Waals surface area contributed by atoms with E-state index in [-0.39, 0.29) is 13.1 Å². The molecule has 2 rings (SSSR count). The Labute approximate surface area is 118 Å². The van der Waals surface area contributed by atoms with E-state index in [4.69, 9.17) is 10.5 Å². The highest BCUT2D eigenvalue weighted by Gasteiger charge is 2.08. The summed E-state index contributed by atoms with van der Waals surface area (Å²) in [7, 11) is 0. The summed E-state index contributed by atoms with van der Waals surface area (Å²) in [5.74, 6) is 0. The number of para-hydroxylation sites is 2. The highest BCUT2D eigenvalue weighted by Crippen LogP contribution is 2.33. The molecule has 0 fully saturated rings. The first-order chi connectivity index (χ1) is 9.86. The smallest absolute Gasteiger partial charge is 0.103 e. The molecule has 4 heteroatoms. The van der Waals surface area contributed by atoms with Crippen molar-refractivity contribution >= 4 is 11.4 Å². The van der Waals surface area contributed by atoms with Gasteiger partial charge in [-0.2, -0.15) is 10.5 Å². The Balaban J connectivity index is 2.41. The second kappa shape index (κ2) is 6.82. The van der Waals surface area contributed by atoms with Crippen LogP contribution in [0, 0.1) is 22.7 Å². The highest BCUT2D eigenvalue weighted by atomic mass is 14.9. The fourth-order valence-electron chi connectivity index (χ4n) is 2.01. The van der Waals surface area contributed by atoms with Crippen molar-refractivity contribution in [1.82, 2.24) is 0 Å². The van der Waals surface area contributed by atoms with Gasteiger partial charge in [0, 0.05) is 22.5 Å². The summed E-state index contributed by atoms with van der Waals surface area (Å²) < 4.78 is 0. The maximum Gasteiger partial charge on any atom is 0.103 e. The largest absolute Gasteiger partial charge is 0.372 e. The molecule has 0 aliphatic rings. The van der Waals surface area contributed by atoms with Crippen molar-refractivity contribution in [2.24, 2.45) is 0 Å². The first-order valence-electron chi connectivity index (χ1n) is 6.27. The molecular weight excluding hydrogens is 248 g/mol. The topological polar surface area (TPSA) is 71.6 Å². The van der Waals surface area contributed by atoms with E-state index in [1.807, 2.05) is 48.5 Å².